The van der Waals surface area contributed by atoms with Gasteiger partial charge in [-0.25, -0.2) is 4.98 Å². The molecule has 0 fully saturated rings. The first-order valence-corrected chi connectivity index (χ1v) is 9.69. The Morgan fingerprint density at radius 2 is 1.70 bits per heavy atom. The van der Waals surface area contributed by atoms with Gasteiger partial charge in [-0.2, -0.15) is 26.3 Å². The third-order valence-corrected chi connectivity index (χ3v) is 4.87. The second-order valence-corrected chi connectivity index (χ2v) is 7.49. The lowest BCUT2D eigenvalue weighted by Gasteiger charge is -2.14. The molecule has 0 aliphatic heterocycles. The summed E-state index contributed by atoms with van der Waals surface area (Å²) in [5.74, 6) is -0.228. The molecule has 0 N–H and O–H groups in total. The van der Waals surface area contributed by atoms with E-state index in [2.05, 4.69) is 9.72 Å². The van der Waals surface area contributed by atoms with Gasteiger partial charge in [0.2, 0.25) is 0 Å². The van der Waals surface area contributed by atoms with Crippen LogP contribution in [-0.4, -0.2) is 32.6 Å². The molecule has 0 bridgehead atoms. The SMILES string of the molecule is C[S@@](=O)c1ccn2c(=O)c(-c3ccc(OCC(F)(F)F)cc3)c(C(F)(F)F)nc2c1. The van der Waals surface area contributed by atoms with Gasteiger partial charge < -0.3 is 4.74 Å². The number of nitrogens with zero attached hydrogens (tertiary/aromatic N) is 2. The first kappa shape index (κ1) is 21.8. The highest BCUT2D eigenvalue weighted by Gasteiger charge is 2.38. The molecular weight excluding hydrogens is 438 g/mol. The van der Waals surface area contributed by atoms with E-state index in [9.17, 15) is 35.3 Å². The molecule has 0 saturated heterocycles. The fourth-order valence-electron chi connectivity index (χ4n) is 2.65. The molecule has 0 aliphatic carbocycles. The molecule has 1 atom stereocenters. The summed E-state index contributed by atoms with van der Waals surface area (Å²) >= 11 is 0. The van der Waals surface area contributed by atoms with Crippen molar-refractivity contribution in [3.63, 3.8) is 0 Å². The van der Waals surface area contributed by atoms with Gasteiger partial charge in [-0.05, 0) is 29.8 Å². The number of pyridine rings is 1. The molecule has 0 aliphatic rings. The van der Waals surface area contributed by atoms with Crippen molar-refractivity contribution in [1.29, 1.82) is 0 Å². The lowest BCUT2D eigenvalue weighted by Crippen LogP contribution is -2.24. The molecule has 3 rings (SSSR count). The second kappa shape index (κ2) is 7.74. The minimum absolute atomic E-state index is 0.189. The van der Waals surface area contributed by atoms with Gasteiger partial charge in [-0.15, -0.1) is 0 Å². The molecular formula is C18H12F6N2O3S. The highest BCUT2D eigenvalue weighted by Crippen LogP contribution is 2.35. The summed E-state index contributed by atoms with van der Waals surface area (Å²) in [5.41, 5.74) is -3.81. The zero-order valence-electron chi connectivity index (χ0n) is 15.0. The zero-order valence-corrected chi connectivity index (χ0v) is 15.9. The lowest BCUT2D eigenvalue weighted by molar-refractivity contribution is -0.153. The molecule has 0 radical (unpaired) electrons. The third-order valence-electron chi connectivity index (χ3n) is 3.95. The Kier molecular flexibility index (Phi) is 5.63. The second-order valence-electron chi connectivity index (χ2n) is 6.11. The van der Waals surface area contributed by atoms with Crippen molar-refractivity contribution >= 4 is 16.4 Å². The predicted octanol–water partition coefficient (Wildman–Crippen LogP) is 4.06. The van der Waals surface area contributed by atoms with Gasteiger partial charge in [0, 0.05) is 28.1 Å². The van der Waals surface area contributed by atoms with Gasteiger partial charge in [0.05, 0.1) is 5.56 Å². The number of hydrogen-bond acceptors (Lipinski definition) is 4. The Bertz CT molecular complexity index is 1170. The van der Waals surface area contributed by atoms with Crippen LogP contribution in [0.15, 0.2) is 52.3 Å². The average Bonchev–Trinajstić information content (AvgIpc) is 2.65. The minimum Gasteiger partial charge on any atom is -0.484 e. The molecule has 1 aromatic carbocycles. The topological polar surface area (TPSA) is 60.7 Å². The summed E-state index contributed by atoms with van der Waals surface area (Å²) in [6.07, 6.45) is -7.09. The van der Waals surface area contributed by atoms with Crippen LogP contribution in [0.25, 0.3) is 16.8 Å². The highest BCUT2D eigenvalue weighted by atomic mass is 32.2. The predicted molar refractivity (Wildman–Crippen MR) is 95.8 cm³/mol. The van der Waals surface area contributed by atoms with Crippen molar-refractivity contribution < 1.29 is 35.3 Å². The Balaban J connectivity index is 2.15. The van der Waals surface area contributed by atoms with E-state index < -0.39 is 46.6 Å². The summed E-state index contributed by atoms with van der Waals surface area (Å²) in [5, 5.41) is 0. The maximum atomic E-state index is 13.6. The van der Waals surface area contributed by atoms with Gasteiger partial charge >= 0.3 is 12.4 Å². The van der Waals surface area contributed by atoms with Gasteiger partial charge in [0.1, 0.15) is 11.4 Å². The molecule has 0 saturated carbocycles. The zero-order chi connectivity index (χ0) is 22.3. The normalized spacial score (nSPS) is 13.4. The van der Waals surface area contributed by atoms with Crippen molar-refractivity contribution in [3.8, 4) is 16.9 Å². The van der Waals surface area contributed by atoms with Gasteiger partial charge in [0.15, 0.2) is 12.3 Å². The van der Waals surface area contributed by atoms with Gasteiger partial charge in [-0.1, -0.05) is 12.1 Å². The first-order chi connectivity index (χ1) is 13.9. The molecule has 0 unspecified atom stereocenters. The molecule has 12 heteroatoms. The van der Waals surface area contributed by atoms with Crippen LogP contribution in [-0.2, 0) is 17.0 Å². The number of fused-ring (bicyclic) bond motifs is 1. The van der Waals surface area contributed by atoms with Crippen molar-refractivity contribution in [2.75, 3.05) is 12.9 Å². The molecule has 5 nitrogen and oxygen atoms in total. The van der Waals surface area contributed by atoms with Crippen molar-refractivity contribution in [3.05, 3.63) is 58.6 Å². The Morgan fingerprint density at radius 1 is 1.07 bits per heavy atom. The number of alkyl halides is 6. The number of benzene rings is 1. The maximum absolute atomic E-state index is 13.6. The molecule has 2 heterocycles. The van der Waals surface area contributed by atoms with Crippen molar-refractivity contribution in [2.24, 2.45) is 0 Å². The molecule has 0 amide bonds. The Labute approximate surface area is 167 Å². The molecule has 30 heavy (non-hydrogen) atoms. The van der Waals surface area contributed by atoms with E-state index in [1.165, 1.54) is 12.3 Å². The maximum Gasteiger partial charge on any atom is 0.434 e. The van der Waals surface area contributed by atoms with Crippen molar-refractivity contribution in [1.82, 2.24) is 9.38 Å². The highest BCUT2D eigenvalue weighted by molar-refractivity contribution is 7.84. The van der Waals surface area contributed by atoms with Crippen LogP contribution in [0.1, 0.15) is 5.69 Å². The van der Waals surface area contributed by atoms with E-state index in [4.69, 9.17) is 0 Å². The van der Waals surface area contributed by atoms with Gasteiger partial charge in [-0.3, -0.25) is 13.4 Å². The van der Waals surface area contributed by atoms with Crippen LogP contribution in [0, 0.1) is 0 Å². The fourth-order valence-corrected chi connectivity index (χ4v) is 3.17. The Morgan fingerprint density at radius 3 is 2.23 bits per heavy atom. The lowest BCUT2D eigenvalue weighted by atomic mass is 10.0. The standard InChI is InChI=1S/C18H12F6N2O3S/c1-30(28)12-6-7-26-13(8-12)25-15(18(22,23)24)14(16(26)27)10-2-4-11(5-3-10)29-9-17(19,20)21/h2-8H,9H2,1H3/t30-/m1/s1. The number of aromatic nitrogens is 2. The monoisotopic (exact) mass is 450 g/mol. The summed E-state index contributed by atoms with van der Waals surface area (Å²) in [7, 11) is -1.50. The van der Waals surface area contributed by atoms with E-state index in [1.54, 1.807) is 0 Å². The number of rotatable bonds is 4. The largest absolute Gasteiger partial charge is 0.484 e. The molecule has 160 valence electrons. The van der Waals surface area contributed by atoms with Crippen LogP contribution < -0.4 is 10.3 Å². The van der Waals surface area contributed by atoms with E-state index in [0.717, 1.165) is 40.9 Å². The Hall–Kier alpha value is -2.89. The van der Waals surface area contributed by atoms with Crippen LogP contribution >= 0.6 is 0 Å². The van der Waals surface area contributed by atoms with Crippen LogP contribution in [0.3, 0.4) is 0 Å². The quantitative estimate of drug-likeness (QED) is 0.563. The summed E-state index contributed by atoms with van der Waals surface area (Å²) in [6, 6.07) is 6.57. The summed E-state index contributed by atoms with van der Waals surface area (Å²) < 4.78 is 94.5. The summed E-state index contributed by atoms with van der Waals surface area (Å²) in [6.45, 7) is -1.57. The van der Waals surface area contributed by atoms with E-state index in [1.807, 2.05) is 0 Å². The number of ether oxygens (including phenoxy) is 1. The van der Waals surface area contributed by atoms with Crippen LogP contribution in [0.2, 0.25) is 0 Å². The van der Waals surface area contributed by atoms with Gasteiger partial charge in [0.25, 0.3) is 5.56 Å². The number of halogens is 6. The molecule has 2 aromatic heterocycles. The van der Waals surface area contributed by atoms with E-state index >= 15 is 0 Å². The minimum atomic E-state index is -4.99. The van der Waals surface area contributed by atoms with Crippen LogP contribution in [0.5, 0.6) is 5.75 Å². The third kappa shape index (κ3) is 4.64. The van der Waals surface area contributed by atoms with Crippen molar-refractivity contribution in [2.45, 2.75) is 17.2 Å². The van der Waals surface area contributed by atoms with Crippen LogP contribution in [0.4, 0.5) is 26.3 Å². The smallest absolute Gasteiger partial charge is 0.434 e. The van der Waals surface area contributed by atoms with E-state index in [-0.39, 0.29) is 21.9 Å². The fraction of sp³-hybridized carbons (Fsp3) is 0.222. The summed E-state index contributed by atoms with van der Waals surface area (Å²) in [4.78, 5) is 16.5. The average molecular weight is 450 g/mol. The van der Waals surface area contributed by atoms with E-state index in [0.29, 0.717) is 0 Å². The molecule has 0 spiro atoms. The molecule has 3 aromatic rings. The number of hydrogen-bond donors (Lipinski definition) is 0. The first-order valence-electron chi connectivity index (χ1n) is 8.14.